The molecule has 2 aliphatic heterocycles. The number of sulfone groups is 1. The Labute approximate surface area is 258 Å². The Kier molecular flexibility index (Phi) is 10.0. The normalized spacial score (nSPS) is 19.7. The molecule has 2 aliphatic rings. The van der Waals surface area contributed by atoms with E-state index in [0.29, 0.717) is 44.7 Å². The highest BCUT2D eigenvalue weighted by atomic mass is 32.2. The van der Waals surface area contributed by atoms with Crippen molar-refractivity contribution >= 4 is 19.9 Å². The van der Waals surface area contributed by atoms with Crippen LogP contribution in [0.4, 0.5) is 0 Å². The molecule has 238 valence electrons. The Hall–Kier alpha value is -2.91. The minimum absolute atomic E-state index is 0.00160. The number of hydrogen-bond acceptors (Lipinski definition) is 10. The quantitative estimate of drug-likeness (QED) is 0.267. The number of rotatable bonds is 12. The van der Waals surface area contributed by atoms with Crippen LogP contribution in [-0.4, -0.2) is 99.3 Å². The first-order valence-corrected chi connectivity index (χ1v) is 17.7. The van der Waals surface area contributed by atoms with Crippen LogP contribution < -0.4 is 10.1 Å². The first kappa shape index (κ1) is 32.5. The van der Waals surface area contributed by atoms with Gasteiger partial charge in [-0.3, -0.25) is 4.98 Å². The van der Waals surface area contributed by atoms with Crippen LogP contribution in [0.5, 0.6) is 5.75 Å². The van der Waals surface area contributed by atoms with Crippen molar-refractivity contribution in [2.45, 2.75) is 53.7 Å². The van der Waals surface area contributed by atoms with Crippen molar-refractivity contribution in [3.8, 4) is 17.0 Å². The number of ether oxygens (including phenoxy) is 2. The maximum atomic E-state index is 13.5. The summed E-state index contributed by atoms with van der Waals surface area (Å²) in [5.74, 6) is -0.0614. The number of aliphatic hydroxyl groups excluding tert-OH is 2. The third-order valence-electron chi connectivity index (χ3n) is 8.13. The standard InChI is InChI=1S/C31H39N3O8S2/c1-23-8-11-32-30(16-23)24-4-2-7-29(17-24)44(39,40)34-12-9-31(10-13-34)19-25(21-42-31)33-20-26(36)22-41-27-5-3-6-28(18-27)43(37,38)15-14-35/h2-8,11,16-18,25-26,33,35-36H,9-10,12-15,19-22H2,1H3/t25-,26+/m1/s1. The molecule has 0 unspecified atom stereocenters. The van der Waals surface area contributed by atoms with Crippen LogP contribution in [0.2, 0.25) is 0 Å². The largest absolute Gasteiger partial charge is 0.491 e. The van der Waals surface area contributed by atoms with Gasteiger partial charge in [0.1, 0.15) is 18.5 Å². The van der Waals surface area contributed by atoms with Gasteiger partial charge in [0.2, 0.25) is 10.0 Å². The van der Waals surface area contributed by atoms with E-state index in [1.54, 1.807) is 36.5 Å². The molecule has 2 fully saturated rings. The second kappa shape index (κ2) is 13.6. The van der Waals surface area contributed by atoms with Crippen LogP contribution in [0.15, 0.2) is 76.7 Å². The van der Waals surface area contributed by atoms with E-state index in [4.69, 9.17) is 14.6 Å². The Morgan fingerprint density at radius 2 is 1.82 bits per heavy atom. The summed E-state index contributed by atoms with van der Waals surface area (Å²) in [5, 5.41) is 22.8. The predicted octanol–water partition coefficient (Wildman–Crippen LogP) is 2.16. The van der Waals surface area contributed by atoms with Crippen LogP contribution in [0.3, 0.4) is 0 Å². The maximum absolute atomic E-state index is 13.5. The minimum atomic E-state index is -3.68. The van der Waals surface area contributed by atoms with Gasteiger partial charge in [-0.05, 0) is 74.2 Å². The smallest absolute Gasteiger partial charge is 0.243 e. The van der Waals surface area contributed by atoms with Crippen molar-refractivity contribution in [3.05, 3.63) is 72.4 Å². The first-order valence-electron chi connectivity index (χ1n) is 14.6. The first-order chi connectivity index (χ1) is 21.0. The van der Waals surface area contributed by atoms with Gasteiger partial charge in [0.25, 0.3) is 0 Å². The predicted molar refractivity (Wildman–Crippen MR) is 165 cm³/mol. The number of sulfonamides is 1. The van der Waals surface area contributed by atoms with Crippen molar-refractivity contribution in [2.24, 2.45) is 0 Å². The molecule has 3 N–H and O–H groups in total. The van der Waals surface area contributed by atoms with Gasteiger partial charge in [0.15, 0.2) is 9.84 Å². The third-order valence-corrected chi connectivity index (χ3v) is 11.7. The van der Waals surface area contributed by atoms with Gasteiger partial charge >= 0.3 is 0 Å². The fourth-order valence-electron chi connectivity index (χ4n) is 5.67. The summed E-state index contributed by atoms with van der Waals surface area (Å²) in [6, 6.07) is 16.7. The van der Waals surface area contributed by atoms with Gasteiger partial charge in [-0.25, -0.2) is 16.8 Å². The van der Waals surface area contributed by atoms with Crippen LogP contribution in [0.1, 0.15) is 24.8 Å². The number of piperidine rings is 1. The molecule has 2 saturated heterocycles. The second-order valence-electron chi connectivity index (χ2n) is 11.4. The minimum Gasteiger partial charge on any atom is -0.491 e. The second-order valence-corrected chi connectivity index (χ2v) is 15.5. The van der Waals surface area contributed by atoms with Crippen LogP contribution >= 0.6 is 0 Å². The fourth-order valence-corrected chi connectivity index (χ4v) is 8.21. The monoisotopic (exact) mass is 645 g/mol. The molecule has 11 nitrogen and oxygen atoms in total. The average Bonchev–Trinajstić information content (AvgIpc) is 3.41. The molecule has 0 radical (unpaired) electrons. The summed E-state index contributed by atoms with van der Waals surface area (Å²) >= 11 is 0. The highest BCUT2D eigenvalue weighted by Crippen LogP contribution is 2.37. The van der Waals surface area contributed by atoms with E-state index in [2.05, 4.69) is 10.3 Å². The number of nitrogens with zero attached hydrogens (tertiary/aromatic N) is 2. The summed E-state index contributed by atoms with van der Waals surface area (Å²) < 4.78 is 64.7. The molecule has 44 heavy (non-hydrogen) atoms. The average molecular weight is 646 g/mol. The van der Waals surface area contributed by atoms with E-state index < -0.39 is 38.2 Å². The van der Waals surface area contributed by atoms with Crippen molar-refractivity contribution in [3.63, 3.8) is 0 Å². The van der Waals surface area contributed by atoms with Crippen molar-refractivity contribution in [1.29, 1.82) is 0 Å². The number of aromatic nitrogens is 1. The molecular formula is C31H39N3O8S2. The zero-order chi connectivity index (χ0) is 31.4. The Morgan fingerprint density at radius 1 is 1.07 bits per heavy atom. The van der Waals surface area contributed by atoms with E-state index in [-0.39, 0.29) is 34.7 Å². The SMILES string of the molecule is Cc1ccnc(-c2cccc(S(=O)(=O)N3CCC4(CC3)C[C@@H](NC[C@H](O)COc3cccc(S(=O)(=O)CCO)c3)CO4)c2)c1. The summed E-state index contributed by atoms with van der Waals surface area (Å²) in [6.07, 6.45) is 2.72. The number of hydrogen-bond donors (Lipinski definition) is 3. The molecule has 0 aliphatic carbocycles. The summed E-state index contributed by atoms with van der Waals surface area (Å²) in [5.41, 5.74) is 2.11. The molecule has 2 atom stereocenters. The molecule has 0 amide bonds. The zero-order valence-electron chi connectivity index (χ0n) is 24.6. The number of pyridine rings is 1. The van der Waals surface area contributed by atoms with Crippen molar-refractivity contribution in [1.82, 2.24) is 14.6 Å². The Bertz CT molecular complexity index is 1660. The fraction of sp³-hybridized carbons (Fsp3) is 0.452. The van der Waals surface area contributed by atoms with Crippen molar-refractivity contribution < 1.29 is 36.5 Å². The van der Waals surface area contributed by atoms with Crippen molar-refractivity contribution in [2.75, 3.05) is 45.2 Å². The number of nitrogens with one attached hydrogen (secondary N) is 1. The topological polar surface area (TPSA) is 155 Å². The molecule has 3 aromatic rings. The Morgan fingerprint density at radius 3 is 2.57 bits per heavy atom. The molecule has 2 aromatic carbocycles. The van der Waals surface area contributed by atoms with Gasteiger partial charge < -0.3 is 25.0 Å². The highest BCUT2D eigenvalue weighted by molar-refractivity contribution is 7.91. The molecule has 13 heteroatoms. The molecule has 0 bridgehead atoms. The van der Waals surface area contributed by atoms with Crippen LogP contribution in [-0.2, 0) is 24.6 Å². The van der Waals surface area contributed by atoms with Gasteiger partial charge in [0.05, 0.1) is 40.1 Å². The lowest BCUT2D eigenvalue weighted by Gasteiger charge is -2.38. The van der Waals surface area contributed by atoms with E-state index in [1.165, 1.54) is 16.4 Å². The molecular weight excluding hydrogens is 606 g/mol. The van der Waals surface area contributed by atoms with E-state index in [9.17, 15) is 21.9 Å². The van der Waals surface area contributed by atoms with Gasteiger partial charge in [-0.15, -0.1) is 0 Å². The lowest BCUT2D eigenvalue weighted by molar-refractivity contribution is -0.0312. The zero-order valence-corrected chi connectivity index (χ0v) is 26.3. The lowest BCUT2D eigenvalue weighted by atomic mass is 9.88. The van der Waals surface area contributed by atoms with Gasteiger partial charge in [-0.2, -0.15) is 4.31 Å². The van der Waals surface area contributed by atoms with E-state index in [0.717, 1.165) is 16.8 Å². The third kappa shape index (κ3) is 7.65. The number of aryl methyl sites for hydroxylation is 1. The highest BCUT2D eigenvalue weighted by Gasteiger charge is 2.44. The molecule has 0 saturated carbocycles. The molecule has 5 rings (SSSR count). The van der Waals surface area contributed by atoms with Gasteiger partial charge in [-0.1, -0.05) is 18.2 Å². The lowest BCUT2D eigenvalue weighted by Crippen LogP contribution is -2.47. The van der Waals surface area contributed by atoms with E-state index in [1.807, 2.05) is 25.1 Å². The molecule has 3 heterocycles. The van der Waals surface area contributed by atoms with Gasteiger partial charge in [0, 0.05) is 37.4 Å². The molecule has 1 spiro atoms. The summed E-state index contributed by atoms with van der Waals surface area (Å²) in [6.45, 7) is 2.87. The van der Waals surface area contributed by atoms with E-state index >= 15 is 0 Å². The summed E-state index contributed by atoms with van der Waals surface area (Å²) in [4.78, 5) is 4.69. The summed E-state index contributed by atoms with van der Waals surface area (Å²) in [7, 11) is -7.29. The number of benzene rings is 2. The maximum Gasteiger partial charge on any atom is 0.243 e. The Balaban J connectivity index is 1.10. The van der Waals surface area contributed by atoms with Crippen LogP contribution in [0, 0.1) is 6.92 Å². The molecule has 1 aromatic heterocycles. The number of aliphatic hydroxyl groups is 2. The van der Waals surface area contributed by atoms with Crippen LogP contribution in [0.25, 0.3) is 11.3 Å².